The molecule has 3 heteroatoms. The highest BCUT2D eigenvalue weighted by Gasteiger charge is 2.13. The van der Waals surface area contributed by atoms with E-state index < -0.39 is 0 Å². The van der Waals surface area contributed by atoms with Gasteiger partial charge in [-0.2, -0.15) is 0 Å². The smallest absolute Gasteiger partial charge is 0.252 e. The summed E-state index contributed by atoms with van der Waals surface area (Å²) < 4.78 is 0. The molecule has 1 amide bonds. The molecule has 0 saturated heterocycles. The highest BCUT2D eigenvalue weighted by molar-refractivity contribution is 7.98. The lowest BCUT2D eigenvalue weighted by molar-refractivity contribution is 0.0937. The quantitative estimate of drug-likeness (QED) is 0.853. The first-order valence-electron chi connectivity index (χ1n) is 6.62. The molecule has 104 valence electrons. The van der Waals surface area contributed by atoms with Crippen LogP contribution in [0.1, 0.15) is 34.5 Å². The highest BCUT2D eigenvalue weighted by atomic mass is 32.2. The fourth-order valence-corrected chi connectivity index (χ4v) is 2.64. The molecule has 2 nitrogen and oxygen atoms in total. The van der Waals surface area contributed by atoms with Crippen molar-refractivity contribution in [2.45, 2.75) is 24.8 Å². The zero-order chi connectivity index (χ0) is 14.5. The van der Waals surface area contributed by atoms with E-state index in [-0.39, 0.29) is 11.9 Å². The van der Waals surface area contributed by atoms with Gasteiger partial charge in [-0.25, -0.2) is 0 Å². The lowest BCUT2D eigenvalue weighted by Gasteiger charge is -2.15. The van der Waals surface area contributed by atoms with Crippen LogP contribution in [-0.2, 0) is 0 Å². The molecule has 2 aromatic rings. The third-order valence-corrected chi connectivity index (χ3v) is 4.07. The van der Waals surface area contributed by atoms with Crippen LogP contribution < -0.4 is 5.32 Å². The van der Waals surface area contributed by atoms with Crippen LogP contribution in [0.2, 0.25) is 0 Å². The molecule has 0 spiro atoms. The minimum atomic E-state index is -0.0250. The van der Waals surface area contributed by atoms with Crippen molar-refractivity contribution in [2.24, 2.45) is 0 Å². The van der Waals surface area contributed by atoms with Gasteiger partial charge in [0, 0.05) is 4.90 Å². The Kier molecular flexibility index (Phi) is 4.85. The van der Waals surface area contributed by atoms with Gasteiger partial charge in [-0.05, 0) is 37.8 Å². The number of benzene rings is 2. The predicted molar refractivity (Wildman–Crippen MR) is 85.3 cm³/mol. The average molecular weight is 285 g/mol. The van der Waals surface area contributed by atoms with E-state index in [9.17, 15) is 4.79 Å². The Labute approximate surface area is 124 Å². The van der Waals surface area contributed by atoms with Gasteiger partial charge in [-0.15, -0.1) is 11.8 Å². The Morgan fingerprint density at radius 2 is 1.75 bits per heavy atom. The first-order chi connectivity index (χ1) is 9.61. The molecular weight excluding hydrogens is 266 g/mol. The van der Waals surface area contributed by atoms with Crippen molar-refractivity contribution < 1.29 is 4.79 Å². The molecule has 2 aromatic carbocycles. The predicted octanol–water partition coefficient (Wildman–Crippen LogP) is 4.21. The Morgan fingerprint density at radius 3 is 2.40 bits per heavy atom. The Balaban J connectivity index is 2.13. The summed E-state index contributed by atoms with van der Waals surface area (Å²) in [5.74, 6) is -0.0250. The monoisotopic (exact) mass is 285 g/mol. The molecule has 0 unspecified atom stereocenters. The molecular formula is C17H19NOS. The normalized spacial score (nSPS) is 11.9. The molecule has 1 atom stereocenters. The summed E-state index contributed by atoms with van der Waals surface area (Å²) in [6.07, 6.45) is 1.98. The van der Waals surface area contributed by atoms with E-state index in [4.69, 9.17) is 0 Å². The number of carbonyl (C=O) groups is 1. The lowest BCUT2D eigenvalue weighted by Crippen LogP contribution is -2.27. The van der Waals surface area contributed by atoms with Gasteiger partial charge in [0.1, 0.15) is 0 Å². The lowest BCUT2D eigenvalue weighted by atomic mass is 10.1. The first-order valence-corrected chi connectivity index (χ1v) is 7.84. The first kappa shape index (κ1) is 14.7. The summed E-state index contributed by atoms with van der Waals surface area (Å²) >= 11 is 1.59. The SMILES string of the molecule is CSc1ccccc1C(=O)N[C@@H](C)c1ccc(C)cc1. The van der Waals surface area contributed by atoms with Crippen molar-refractivity contribution in [2.75, 3.05) is 6.26 Å². The van der Waals surface area contributed by atoms with Crippen molar-refractivity contribution in [3.05, 3.63) is 65.2 Å². The second-order valence-corrected chi connectivity index (χ2v) is 5.65. The van der Waals surface area contributed by atoms with E-state index in [1.165, 1.54) is 5.56 Å². The molecule has 20 heavy (non-hydrogen) atoms. The largest absolute Gasteiger partial charge is 0.345 e. The molecule has 1 N–H and O–H groups in total. The number of aryl methyl sites for hydroxylation is 1. The van der Waals surface area contributed by atoms with Crippen LogP contribution in [0.3, 0.4) is 0 Å². The number of amides is 1. The molecule has 0 saturated carbocycles. The Morgan fingerprint density at radius 1 is 1.10 bits per heavy atom. The van der Waals surface area contributed by atoms with Gasteiger partial charge in [0.25, 0.3) is 5.91 Å². The van der Waals surface area contributed by atoms with E-state index in [1.54, 1.807) is 11.8 Å². The second kappa shape index (κ2) is 6.62. The van der Waals surface area contributed by atoms with E-state index in [0.717, 1.165) is 16.0 Å². The summed E-state index contributed by atoms with van der Waals surface area (Å²) in [5, 5.41) is 3.05. The topological polar surface area (TPSA) is 29.1 Å². The van der Waals surface area contributed by atoms with Crippen LogP contribution in [-0.4, -0.2) is 12.2 Å². The number of rotatable bonds is 4. The van der Waals surface area contributed by atoms with Gasteiger partial charge >= 0.3 is 0 Å². The summed E-state index contributed by atoms with van der Waals surface area (Å²) in [5.41, 5.74) is 3.07. The van der Waals surface area contributed by atoms with Gasteiger partial charge in [0.15, 0.2) is 0 Å². The number of hydrogen-bond donors (Lipinski definition) is 1. The third kappa shape index (κ3) is 3.42. The van der Waals surface area contributed by atoms with E-state index in [1.807, 2.05) is 37.4 Å². The maximum Gasteiger partial charge on any atom is 0.252 e. The molecule has 0 aromatic heterocycles. The number of thioether (sulfide) groups is 1. The van der Waals surface area contributed by atoms with Gasteiger partial charge in [0.2, 0.25) is 0 Å². The molecule has 0 heterocycles. The van der Waals surface area contributed by atoms with Gasteiger partial charge < -0.3 is 5.32 Å². The van der Waals surface area contributed by atoms with Crippen molar-refractivity contribution in [3.8, 4) is 0 Å². The van der Waals surface area contributed by atoms with Gasteiger partial charge in [-0.1, -0.05) is 42.0 Å². The summed E-state index contributed by atoms with van der Waals surface area (Å²) in [4.78, 5) is 13.4. The molecule has 0 fully saturated rings. The van der Waals surface area contributed by atoms with Crippen LogP contribution in [0.5, 0.6) is 0 Å². The van der Waals surface area contributed by atoms with Crippen molar-refractivity contribution in [3.63, 3.8) is 0 Å². The Hall–Kier alpha value is -1.74. The zero-order valence-corrected chi connectivity index (χ0v) is 12.8. The fraction of sp³-hybridized carbons (Fsp3) is 0.235. The summed E-state index contributed by atoms with van der Waals surface area (Å²) in [7, 11) is 0. The minimum Gasteiger partial charge on any atom is -0.345 e. The Bertz CT molecular complexity index is 592. The molecule has 0 aliphatic carbocycles. The fourth-order valence-electron chi connectivity index (χ4n) is 2.05. The summed E-state index contributed by atoms with van der Waals surface area (Å²) in [6.45, 7) is 4.06. The number of carbonyl (C=O) groups excluding carboxylic acids is 1. The van der Waals surface area contributed by atoms with E-state index in [2.05, 4.69) is 36.5 Å². The highest BCUT2D eigenvalue weighted by Crippen LogP contribution is 2.21. The van der Waals surface area contributed by atoms with Crippen molar-refractivity contribution >= 4 is 17.7 Å². The van der Waals surface area contributed by atoms with Crippen LogP contribution in [0.25, 0.3) is 0 Å². The van der Waals surface area contributed by atoms with Crippen LogP contribution >= 0.6 is 11.8 Å². The minimum absolute atomic E-state index is 0.00184. The molecule has 0 bridgehead atoms. The van der Waals surface area contributed by atoms with E-state index in [0.29, 0.717) is 0 Å². The van der Waals surface area contributed by atoms with Gasteiger partial charge in [-0.3, -0.25) is 4.79 Å². The molecule has 0 radical (unpaired) electrons. The summed E-state index contributed by atoms with van der Waals surface area (Å²) in [6, 6.07) is 15.9. The molecule has 0 aliphatic rings. The van der Waals surface area contributed by atoms with Crippen molar-refractivity contribution in [1.29, 1.82) is 0 Å². The van der Waals surface area contributed by atoms with Crippen LogP contribution in [0.4, 0.5) is 0 Å². The maximum absolute atomic E-state index is 12.4. The third-order valence-electron chi connectivity index (χ3n) is 3.28. The van der Waals surface area contributed by atoms with Crippen molar-refractivity contribution in [1.82, 2.24) is 5.32 Å². The molecule has 2 rings (SSSR count). The zero-order valence-electron chi connectivity index (χ0n) is 12.0. The number of nitrogens with one attached hydrogen (secondary N) is 1. The second-order valence-electron chi connectivity index (χ2n) is 4.81. The van der Waals surface area contributed by atoms with Crippen LogP contribution in [0, 0.1) is 6.92 Å². The number of hydrogen-bond acceptors (Lipinski definition) is 2. The average Bonchev–Trinajstić information content (AvgIpc) is 2.47. The van der Waals surface area contributed by atoms with Crippen LogP contribution in [0.15, 0.2) is 53.4 Å². The molecule has 0 aliphatic heterocycles. The van der Waals surface area contributed by atoms with Gasteiger partial charge in [0.05, 0.1) is 11.6 Å². The van der Waals surface area contributed by atoms with E-state index >= 15 is 0 Å². The standard InChI is InChI=1S/C17H19NOS/c1-12-8-10-14(11-9-12)13(2)18-17(19)15-6-4-5-7-16(15)20-3/h4-11,13H,1-3H3,(H,18,19)/t13-/m0/s1. The maximum atomic E-state index is 12.4.